The van der Waals surface area contributed by atoms with Crippen molar-refractivity contribution in [2.45, 2.75) is 0 Å². The Balaban J connectivity index is 2.10. The molecule has 0 radical (unpaired) electrons. The lowest BCUT2D eigenvalue weighted by Crippen LogP contribution is -2.10. The van der Waals surface area contributed by atoms with Crippen molar-refractivity contribution in [1.29, 1.82) is 0 Å². The van der Waals surface area contributed by atoms with E-state index in [0.717, 1.165) is 9.75 Å². The number of carbonyl (C=O) groups is 1. The van der Waals surface area contributed by atoms with Gasteiger partial charge in [0.05, 0.1) is 9.75 Å². The minimum Gasteiger partial charge on any atom is -0.244 e. The molecule has 2 aromatic rings. The number of aliphatic imine (C=N–C) groups is 2. The first-order chi connectivity index (χ1) is 7.84. The zero-order chi connectivity index (χ0) is 11.0. The first-order valence-corrected chi connectivity index (χ1v) is 6.40. The third-order valence-electron chi connectivity index (χ3n) is 2.15. The molecule has 0 aromatic carbocycles. The number of nitrogens with zero attached hydrogens (tertiary/aromatic N) is 2. The van der Waals surface area contributed by atoms with Gasteiger partial charge in [-0.3, -0.25) is 0 Å². The predicted molar refractivity (Wildman–Crippen MR) is 67.1 cm³/mol. The molecule has 0 atom stereocenters. The number of carbonyl (C=O) groups excluding carboxylic acids is 1. The summed E-state index contributed by atoms with van der Waals surface area (Å²) in [7, 11) is 0. The molecule has 0 fully saturated rings. The summed E-state index contributed by atoms with van der Waals surface area (Å²) in [5, 5.41) is 3.93. The van der Waals surface area contributed by atoms with Gasteiger partial charge < -0.3 is 0 Å². The highest BCUT2D eigenvalue weighted by atomic mass is 32.1. The molecular weight excluding hydrogens is 240 g/mol. The third-order valence-corrected chi connectivity index (χ3v) is 3.90. The summed E-state index contributed by atoms with van der Waals surface area (Å²) in [5.74, 6) is 0. The molecule has 2 amide bonds. The van der Waals surface area contributed by atoms with Gasteiger partial charge >= 0.3 is 6.03 Å². The van der Waals surface area contributed by atoms with Gasteiger partial charge in [0.15, 0.2) is 0 Å². The van der Waals surface area contributed by atoms with E-state index in [2.05, 4.69) is 9.98 Å². The molecule has 0 aliphatic carbocycles. The van der Waals surface area contributed by atoms with Crippen molar-refractivity contribution in [3.8, 4) is 0 Å². The summed E-state index contributed by atoms with van der Waals surface area (Å²) in [6.07, 6.45) is 0. The van der Waals surface area contributed by atoms with E-state index in [9.17, 15) is 4.79 Å². The van der Waals surface area contributed by atoms with Crippen LogP contribution in [0.15, 0.2) is 45.0 Å². The van der Waals surface area contributed by atoms with E-state index in [1.807, 2.05) is 35.0 Å². The Kier molecular flexibility index (Phi) is 2.27. The third kappa shape index (κ3) is 1.54. The van der Waals surface area contributed by atoms with E-state index < -0.39 is 6.03 Å². The van der Waals surface area contributed by atoms with Gasteiger partial charge in [0.1, 0.15) is 11.4 Å². The zero-order valence-corrected chi connectivity index (χ0v) is 9.72. The maximum absolute atomic E-state index is 11.3. The molecule has 3 heterocycles. The molecule has 0 spiro atoms. The van der Waals surface area contributed by atoms with E-state index in [0.29, 0.717) is 11.4 Å². The van der Waals surface area contributed by atoms with Gasteiger partial charge in [0.2, 0.25) is 0 Å². The van der Waals surface area contributed by atoms with Gasteiger partial charge in [-0.05, 0) is 22.9 Å². The topological polar surface area (TPSA) is 41.8 Å². The Morgan fingerprint density at radius 1 is 0.875 bits per heavy atom. The van der Waals surface area contributed by atoms with E-state index in [1.165, 1.54) is 0 Å². The van der Waals surface area contributed by atoms with Crippen LogP contribution in [0.5, 0.6) is 0 Å². The van der Waals surface area contributed by atoms with E-state index in [4.69, 9.17) is 0 Å². The first-order valence-electron chi connectivity index (χ1n) is 4.64. The van der Waals surface area contributed by atoms with Crippen LogP contribution in [0.3, 0.4) is 0 Å². The number of amides is 2. The van der Waals surface area contributed by atoms with E-state index >= 15 is 0 Å². The van der Waals surface area contributed by atoms with Crippen molar-refractivity contribution >= 4 is 40.1 Å². The largest absolute Gasteiger partial charge is 0.368 e. The highest BCUT2D eigenvalue weighted by Gasteiger charge is 2.23. The van der Waals surface area contributed by atoms with Gasteiger partial charge in [-0.15, -0.1) is 22.7 Å². The normalized spacial score (nSPS) is 15.1. The predicted octanol–water partition coefficient (Wildman–Crippen LogP) is 3.22. The zero-order valence-electron chi connectivity index (χ0n) is 8.08. The molecule has 0 N–H and O–H groups in total. The van der Waals surface area contributed by atoms with Gasteiger partial charge in [0, 0.05) is 0 Å². The molecule has 0 saturated heterocycles. The number of hydrogen-bond donors (Lipinski definition) is 0. The summed E-state index contributed by atoms with van der Waals surface area (Å²) >= 11 is 3.13. The van der Waals surface area contributed by atoms with E-state index in [-0.39, 0.29) is 0 Å². The second-order valence-corrected chi connectivity index (χ2v) is 5.05. The number of rotatable bonds is 2. The molecular formula is C11H6N2OS2. The van der Waals surface area contributed by atoms with Crippen LogP contribution in [0.2, 0.25) is 0 Å². The van der Waals surface area contributed by atoms with E-state index in [1.54, 1.807) is 22.7 Å². The minimum absolute atomic E-state index is 0.410. The maximum Gasteiger partial charge on any atom is 0.368 e. The Morgan fingerprint density at radius 3 is 1.75 bits per heavy atom. The summed E-state index contributed by atoms with van der Waals surface area (Å²) in [6, 6.07) is 7.37. The molecule has 2 aromatic heterocycles. The minimum atomic E-state index is -0.410. The van der Waals surface area contributed by atoms with Gasteiger partial charge in [-0.25, -0.2) is 4.79 Å². The van der Waals surface area contributed by atoms with Crippen LogP contribution < -0.4 is 0 Å². The van der Waals surface area contributed by atoms with Crippen molar-refractivity contribution in [2.24, 2.45) is 9.98 Å². The highest BCUT2D eigenvalue weighted by molar-refractivity contribution is 7.16. The SMILES string of the molecule is O=C1N=C(c2cccs2)C(c2cccs2)=N1. The second-order valence-electron chi connectivity index (χ2n) is 3.16. The molecule has 0 saturated carbocycles. The van der Waals surface area contributed by atoms with Crippen LogP contribution in [-0.4, -0.2) is 17.5 Å². The van der Waals surface area contributed by atoms with Crippen molar-refractivity contribution in [3.63, 3.8) is 0 Å². The van der Waals surface area contributed by atoms with Crippen molar-refractivity contribution in [1.82, 2.24) is 0 Å². The Hall–Kier alpha value is -1.59. The maximum atomic E-state index is 11.3. The average Bonchev–Trinajstić information content (AvgIpc) is 2.98. The summed E-state index contributed by atoms with van der Waals surface area (Å²) in [6.45, 7) is 0. The summed E-state index contributed by atoms with van der Waals surface area (Å²) in [5.41, 5.74) is 1.39. The Morgan fingerprint density at radius 2 is 1.38 bits per heavy atom. The van der Waals surface area contributed by atoms with Crippen LogP contribution in [0.4, 0.5) is 4.79 Å². The molecule has 1 aliphatic rings. The summed E-state index contributed by atoms with van der Waals surface area (Å²) in [4.78, 5) is 21.2. The van der Waals surface area contributed by atoms with Crippen molar-refractivity contribution in [2.75, 3.05) is 0 Å². The molecule has 3 rings (SSSR count). The van der Waals surface area contributed by atoms with Gasteiger partial charge in [-0.2, -0.15) is 9.98 Å². The first kappa shape index (κ1) is 9.62. The molecule has 3 nitrogen and oxygen atoms in total. The quantitative estimate of drug-likeness (QED) is 0.802. The smallest absolute Gasteiger partial charge is 0.244 e. The second kappa shape index (κ2) is 3.77. The lowest BCUT2D eigenvalue weighted by atomic mass is 10.2. The molecule has 16 heavy (non-hydrogen) atoms. The lowest BCUT2D eigenvalue weighted by Gasteiger charge is -1.98. The molecule has 78 valence electrons. The number of thiophene rings is 2. The molecule has 1 aliphatic heterocycles. The average molecular weight is 246 g/mol. The van der Waals surface area contributed by atoms with Crippen LogP contribution in [0.1, 0.15) is 9.75 Å². The monoisotopic (exact) mass is 246 g/mol. The highest BCUT2D eigenvalue weighted by Crippen LogP contribution is 2.21. The van der Waals surface area contributed by atoms with Crippen LogP contribution in [0.25, 0.3) is 0 Å². The molecule has 0 unspecified atom stereocenters. The fourth-order valence-electron chi connectivity index (χ4n) is 1.49. The van der Waals surface area contributed by atoms with Gasteiger partial charge in [-0.1, -0.05) is 12.1 Å². The lowest BCUT2D eigenvalue weighted by molar-refractivity contribution is 0.257. The molecule has 0 bridgehead atoms. The van der Waals surface area contributed by atoms with Crippen LogP contribution in [-0.2, 0) is 0 Å². The Labute approximate surface area is 99.8 Å². The number of urea groups is 1. The van der Waals surface area contributed by atoms with Crippen LogP contribution >= 0.6 is 22.7 Å². The van der Waals surface area contributed by atoms with Crippen LogP contribution in [0, 0.1) is 0 Å². The van der Waals surface area contributed by atoms with Crippen molar-refractivity contribution in [3.05, 3.63) is 44.8 Å². The molecule has 5 heteroatoms. The summed E-state index contributed by atoms with van der Waals surface area (Å²) < 4.78 is 0. The number of hydrogen-bond acceptors (Lipinski definition) is 3. The van der Waals surface area contributed by atoms with Gasteiger partial charge in [0.25, 0.3) is 0 Å². The fraction of sp³-hybridized carbons (Fsp3) is 0. The Bertz CT molecular complexity index is 527. The standard InChI is InChI=1S/C11H6N2OS2/c14-11-12-9(7-3-1-5-15-7)10(13-11)8-4-2-6-16-8/h1-6H. The fourth-order valence-corrected chi connectivity index (χ4v) is 2.92. The van der Waals surface area contributed by atoms with Crippen molar-refractivity contribution < 1.29 is 4.79 Å².